The van der Waals surface area contributed by atoms with E-state index in [-0.39, 0.29) is 0 Å². The first-order valence-corrected chi connectivity index (χ1v) is 6.11. The maximum Gasteiger partial charge on any atom is 0.119 e. The third-order valence-corrected chi connectivity index (χ3v) is 3.32. The molecule has 0 aromatic heterocycles. The topological polar surface area (TPSA) is 18.5 Å². The normalized spacial score (nSPS) is 25.4. The van der Waals surface area contributed by atoms with Crippen LogP contribution in [0.1, 0.15) is 25.7 Å². The summed E-state index contributed by atoms with van der Waals surface area (Å²) in [4.78, 5) is 0. The quantitative estimate of drug-likeness (QED) is 0.803. The van der Waals surface area contributed by atoms with E-state index in [1.54, 1.807) is 7.11 Å². The van der Waals surface area contributed by atoms with Crippen LogP contribution in [0.2, 0.25) is 5.02 Å². The molecule has 0 aliphatic heterocycles. The number of halogens is 1. The van der Waals surface area contributed by atoms with Gasteiger partial charge in [-0.05, 0) is 49.9 Å². The van der Waals surface area contributed by atoms with E-state index in [1.807, 2.05) is 24.3 Å². The van der Waals surface area contributed by atoms with Crippen molar-refractivity contribution in [2.24, 2.45) is 0 Å². The molecule has 0 amide bonds. The molecule has 1 aromatic carbocycles. The van der Waals surface area contributed by atoms with Crippen molar-refractivity contribution in [3.05, 3.63) is 29.3 Å². The summed E-state index contributed by atoms with van der Waals surface area (Å²) in [6, 6.07) is 7.56. The van der Waals surface area contributed by atoms with Crippen LogP contribution >= 0.6 is 11.6 Å². The van der Waals surface area contributed by atoms with Crippen molar-refractivity contribution >= 4 is 11.6 Å². The maximum atomic E-state index is 5.89. The minimum Gasteiger partial charge on any atom is -0.490 e. The lowest BCUT2D eigenvalue weighted by molar-refractivity contribution is 0.0327. The molecule has 1 aliphatic carbocycles. The molecular formula is C13H17ClO2. The Bertz CT molecular complexity index is 315. The van der Waals surface area contributed by atoms with Crippen LogP contribution in [0.5, 0.6) is 5.75 Å². The third kappa shape index (κ3) is 3.13. The van der Waals surface area contributed by atoms with Gasteiger partial charge in [0.1, 0.15) is 5.75 Å². The van der Waals surface area contributed by atoms with Crippen LogP contribution in [0.4, 0.5) is 0 Å². The van der Waals surface area contributed by atoms with Gasteiger partial charge in [0.2, 0.25) is 0 Å². The monoisotopic (exact) mass is 240 g/mol. The summed E-state index contributed by atoms with van der Waals surface area (Å²) in [6.45, 7) is 0. The predicted octanol–water partition coefficient (Wildman–Crippen LogP) is 3.68. The summed E-state index contributed by atoms with van der Waals surface area (Å²) in [5.74, 6) is 0.908. The van der Waals surface area contributed by atoms with E-state index in [9.17, 15) is 0 Å². The van der Waals surface area contributed by atoms with Gasteiger partial charge in [-0.1, -0.05) is 11.6 Å². The molecule has 1 fully saturated rings. The van der Waals surface area contributed by atoms with Gasteiger partial charge in [-0.3, -0.25) is 0 Å². The van der Waals surface area contributed by atoms with Crippen molar-refractivity contribution in [1.82, 2.24) is 0 Å². The number of hydrogen-bond acceptors (Lipinski definition) is 2. The molecule has 3 heteroatoms. The van der Waals surface area contributed by atoms with Crippen LogP contribution in [0, 0.1) is 0 Å². The molecule has 0 heterocycles. The van der Waals surface area contributed by atoms with Gasteiger partial charge in [-0.25, -0.2) is 0 Å². The van der Waals surface area contributed by atoms with Gasteiger partial charge >= 0.3 is 0 Å². The van der Waals surface area contributed by atoms with Crippen LogP contribution in [0.3, 0.4) is 0 Å². The number of rotatable bonds is 3. The maximum absolute atomic E-state index is 5.89. The summed E-state index contributed by atoms with van der Waals surface area (Å²) < 4.78 is 11.2. The minimum absolute atomic E-state index is 0.326. The average Bonchev–Trinajstić information content (AvgIpc) is 2.33. The first-order chi connectivity index (χ1) is 7.78. The molecule has 1 saturated carbocycles. The number of ether oxygens (including phenoxy) is 2. The van der Waals surface area contributed by atoms with Crippen LogP contribution in [0.15, 0.2) is 24.3 Å². The zero-order valence-corrected chi connectivity index (χ0v) is 10.2. The third-order valence-electron chi connectivity index (χ3n) is 3.07. The Kier molecular flexibility index (Phi) is 4.08. The summed E-state index contributed by atoms with van der Waals surface area (Å²) in [5, 5.41) is 0.746. The lowest BCUT2D eigenvalue weighted by Crippen LogP contribution is -2.27. The smallest absolute Gasteiger partial charge is 0.119 e. The Morgan fingerprint density at radius 3 is 2.12 bits per heavy atom. The second kappa shape index (κ2) is 5.55. The molecule has 0 spiro atoms. The van der Waals surface area contributed by atoms with Gasteiger partial charge in [0.05, 0.1) is 12.2 Å². The van der Waals surface area contributed by atoms with Crippen molar-refractivity contribution < 1.29 is 9.47 Å². The number of hydrogen-bond donors (Lipinski definition) is 0. The van der Waals surface area contributed by atoms with Crippen molar-refractivity contribution in [3.63, 3.8) is 0 Å². The van der Waals surface area contributed by atoms with Crippen LogP contribution < -0.4 is 4.74 Å². The number of methoxy groups -OCH3 is 1. The summed E-state index contributed by atoms with van der Waals surface area (Å²) in [7, 11) is 1.78. The zero-order chi connectivity index (χ0) is 11.4. The molecule has 0 unspecified atom stereocenters. The van der Waals surface area contributed by atoms with Crippen molar-refractivity contribution in [3.8, 4) is 5.75 Å². The highest BCUT2D eigenvalue weighted by atomic mass is 35.5. The standard InChI is InChI=1S/C13H17ClO2/c1-15-11-6-8-13(9-7-11)16-12-4-2-10(14)3-5-12/h2-5,11,13H,6-9H2,1H3. The lowest BCUT2D eigenvalue weighted by atomic mass is 9.95. The van der Waals surface area contributed by atoms with Crippen LogP contribution in [0.25, 0.3) is 0 Å². The van der Waals surface area contributed by atoms with Crippen LogP contribution in [-0.4, -0.2) is 19.3 Å². The summed E-state index contributed by atoms with van der Waals surface area (Å²) in [6.07, 6.45) is 5.07. The molecule has 0 saturated heterocycles. The Morgan fingerprint density at radius 2 is 1.56 bits per heavy atom. The molecule has 0 atom stereocenters. The molecule has 88 valence electrons. The zero-order valence-electron chi connectivity index (χ0n) is 9.49. The number of benzene rings is 1. The van der Waals surface area contributed by atoms with E-state index in [4.69, 9.17) is 21.1 Å². The largest absolute Gasteiger partial charge is 0.490 e. The van der Waals surface area contributed by atoms with Gasteiger partial charge in [-0.15, -0.1) is 0 Å². The van der Waals surface area contributed by atoms with Crippen molar-refractivity contribution in [2.45, 2.75) is 37.9 Å². The Hall–Kier alpha value is -0.730. The molecule has 0 N–H and O–H groups in total. The molecule has 2 rings (SSSR count). The van der Waals surface area contributed by atoms with Crippen molar-refractivity contribution in [1.29, 1.82) is 0 Å². The highest BCUT2D eigenvalue weighted by molar-refractivity contribution is 6.30. The van der Waals surface area contributed by atoms with Gasteiger partial charge in [0, 0.05) is 12.1 Å². The van der Waals surface area contributed by atoms with E-state index < -0.39 is 0 Å². The fourth-order valence-corrected chi connectivity index (χ4v) is 2.22. The van der Waals surface area contributed by atoms with Gasteiger partial charge in [0.25, 0.3) is 0 Å². The van der Waals surface area contributed by atoms with E-state index in [1.165, 1.54) is 0 Å². The Labute approximate surface area is 102 Å². The van der Waals surface area contributed by atoms with E-state index in [0.29, 0.717) is 12.2 Å². The molecule has 1 aliphatic rings. The van der Waals surface area contributed by atoms with E-state index >= 15 is 0 Å². The predicted molar refractivity (Wildman–Crippen MR) is 65.1 cm³/mol. The second-order valence-corrected chi connectivity index (χ2v) is 4.64. The van der Waals surface area contributed by atoms with E-state index in [2.05, 4.69) is 0 Å². The highest BCUT2D eigenvalue weighted by Crippen LogP contribution is 2.25. The SMILES string of the molecule is COC1CCC(Oc2ccc(Cl)cc2)CC1. The van der Waals surface area contributed by atoms with Gasteiger partial charge in [0.15, 0.2) is 0 Å². The summed E-state index contributed by atoms with van der Waals surface area (Å²) in [5.41, 5.74) is 0. The fourth-order valence-electron chi connectivity index (χ4n) is 2.09. The molecule has 0 radical (unpaired) electrons. The summed E-state index contributed by atoms with van der Waals surface area (Å²) >= 11 is 5.82. The Balaban J connectivity index is 1.84. The molecule has 16 heavy (non-hydrogen) atoms. The van der Waals surface area contributed by atoms with Crippen LogP contribution in [-0.2, 0) is 4.74 Å². The molecular weight excluding hydrogens is 224 g/mol. The van der Waals surface area contributed by atoms with Gasteiger partial charge in [-0.2, -0.15) is 0 Å². The van der Waals surface area contributed by atoms with Gasteiger partial charge < -0.3 is 9.47 Å². The first-order valence-electron chi connectivity index (χ1n) is 5.73. The highest BCUT2D eigenvalue weighted by Gasteiger charge is 2.21. The average molecular weight is 241 g/mol. The molecule has 1 aromatic rings. The Morgan fingerprint density at radius 1 is 1.00 bits per heavy atom. The minimum atomic E-state index is 0.326. The fraction of sp³-hybridized carbons (Fsp3) is 0.538. The van der Waals surface area contributed by atoms with E-state index in [0.717, 1.165) is 36.5 Å². The lowest BCUT2D eigenvalue weighted by Gasteiger charge is -2.28. The first kappa shape index (κ1) is 11.7. The second-order valence-electron chi connectivity index (χ2n) is 4.21. The molecule has 2 nitrogen and oxygen atoms in total. The molecule has 0 bridgehead atoms. The van der Waals surface area contributed by atoms with Crippen molar-refractivity contribution in [2.75, 3.05) is 7.11 Å².